The molecule has 0 saturated carbocycles. The van der Waals surface area contributed by atoms with Crippen LogP contribution in [0.5, 0.6) is 0 Å². The Morgan fingerprint density at radius 1 is 1.11 bits per heavy atom. The van der Waals surface area contributed by atoms with Crippen LogP contribution in [0.1, 0.15) is 48.8 Å². The van der Waals surface area contributed by atoms with Gasteiger partial charge in [0.05, 0.1) is 16.4 Å². The number of carbonyl (C=O) groups is 3. The van der Waals surface area contributed by atoms with Crippen molar-refractivity contribution in [1.29, 1.82) is 0 Å². The van der Waals surface area contributed by atoms with Gasteiger partial charge in [0.2, 0.25) is 0 Å². The molecule has 0 radical (unpaired) electrons. The number of fused-ring (bicyclic) bond motifs is 4. The van der Waals surface area contributed by atoms with Gasteiger partial charge in [-0.05, 0) is 50.1 Å². The van der Waals surface area contributed by atoms with E-state index in [0.717, 1.165) is 31.5 Å². The van der Waals surface area contributed by atoms with Crippen molar-refractivity contribution < 1.29 is 23.9 Å². The number of likely N-dealkylation sites (tertiary alicyclic amines) is 4. The zero-order valence-corrected chi connectivity index (χ0v) is 27.4. The average Bonchev–Trinajstić information content (AvgIpc) is 3.66. The first kappa shape index (κ1) is 31.6. The molecule has 12 heteroatoms. The highest BCUT2D eigenvalue weighted by Crippen LogP contribution is 2.43. The van der Waals surface area contributed by atoms with Crippen LogP contribution in [-0.2, 0) is 26.3 Å². The zero-order chi connectivity index (χ0) is 32.9. The number of rotatable bonds is 5. The van der Waals surface area contributed by atoms with Crippen LogP contribution in [0.25, 0.3) is 0 Å². The quantitative estimate of drug-likeness (QED) is 0.366. The maximum atomic E-state index is 14.1. The van der Waals surface area contributed by atoms with E-state index >= 15 is 0 Å². The number of ether oxygens (including phenoxy) is 2. The van der Waals surface area contributed by atoms with Crippen molar-refractivity contribution in [2.75, 3.05) is 57.4 Å². The summed E-state index contributed by atoms with van der Waals surface area (Å²) in [6, 6.07) is 12.6. The number of piperazine rings is 1. The van der Waals surface area contributed by atoms with E-state index < -0.39 is 23.9 Å². The molecule has 7 rings (SSSR count). The summed E-state index contributed by atoms with van der Waals surface area (Å²) in [6.45, 7) is 4.00. The van der Waals surface area contributed by atoms with Gasteiger partial charge in [-0.1, -0.05) is 35.7 Å². The summed E-state index contributed by atoms with van der Waals surface area (Å²) >= 11 is 6.39. The van der Waals surface area contributed by atoms with Gasteiger partial charge in [0, 0.05) is 87.8 Å². The first-order chi connectivity index (χ1) is 22.6. The molecule has 47 heavy (non-hydrogen) atoms. The normalized spacial score (nSPS) is 24.7. The van der Waals surface area contributed by atoms with E-state index in [1.807, 2.05) is 29.2 Å². The topological polar surface area (TPSA) is 121 Å². The Hall–Kier alpha value is -3.98. The summed E-state index contributed by atoms with van der Waals surface area (Å²) in [4.78, 5) is 48.6. The Morgan fingerprint density at radius 3 is 2.53 bits per heavy atom. The third kappa shape index (κ3) is 5.99. The molecular weight excluding hydrogens is 620 g/mol. The summed E-state index contributed by atoms with van der Waals surface area (Å²) in [6.07, 6.45) is 7.42. The summed E-state index contributed by atoms with van der Waals surface area (Å²) in [7, 11) is 2.20. The van der Waals surface area contributed by atoms with Crippen molar-refractivity contribution >= 4 is 41.1 Å². The number of nitrogens with two attached hydrogens (primary N) is 1. The molecule has 11 nitrogen and oxygen atoms in total. The molecule has 3 N–H and O–H groups in total. The predicted molar refractivity (Wildman–Crippen MR) is 178 cm³/mol. The van der Waals surface area contributed by atoms with Crippen LogP contribution in [-0.4, -0.2) is 108 Å². The number of likely N-dealkylation sites (N-methyl/N-ethyl adjacent to an activating group) is 1. The lowest BCUT2D eigenvalue weighted by Crippen LogP contribution is -2.55. The fraction of sp³-hybridized carbons (Fsp3) is 0.514. The van der Waals surface area contributed by atoms with Gasteiger partial charge in [0.25, 0.3) is 5.91 Å². The number of piperidine rings is 2. The minimum absolute atomic E-state index is 0.107. The van der Waals surface area contributed by atoms with Gasteiger partial charge in [0.15, 0.2) is 6.10 Å². The molecule has 2 bridgehead atoms. The van der Waals surface area contributed by atoms with E-state index in [4.69, 9.17) is 33.2 Å². The maximum absolute atomic E-state index is 14.1. The number of anilines is 2. The number of benzene rings is 2. The lowest BCUT2D eigenvalue weighted by molar-refractivity contribution is -0.143. The van der Waals surface area contributed by atoms with Crippen molar-refractivity contribution in [2.45, 2.75) is 68.4 Å². The molecule has 2 aromatic carbocycles. The number of nitrogen functional groups attached to an aromatic ring is 1. The fourth-order valence-corrected chi connectivity index (χ4v) is 8.49. The lowest BCUT2D eigenvalue weighted by atomic mass is 9.82. The van der Waals surface area contributed by atoms with E-state index in [0.29, 0.717) is 79.6 Å². The minimum Gasteiger partial charge on any atom is -0.438 e. The number of carbonyl (C=O) groups excluding carboxylic acids is 3. The third-order valence-corrected chi connectivity index (χ3v) is 11.2. The average molecular weight is 661 g/mol. The van der Waals surface area contributed by atoms with Crippen LogP contribution in [0.4, 0.5) is 21.0 Å². The Morgan fingerprint density at radius 2 is 1.85 bits per heavy atom. The van der Waals surface area contributed by atoms with Crippen molar-refractivity contribution in [1.82, 2.24) is 19.6 Å². The standard InChI is InChI=1S/C35H41ClN6O5/c1-3-23-16-22(17-28(36)31(23)37)18-30(32(43)40-12-8-24(9-13-40)42-21-25-19-26(42)20-39(25)2)46-34(45)41-14-10-35(11-15-41)27-6-4-5-7-29(27)38-33(44)47-35/h1,4-7,16-17,24-26,30H,8-15,18-21,37H2,2H3,(H,38,44)/t25?,26?,30-/m1/s1. The van der Waals surface area contributed by atoms with Crippen LogP contribution >= 0.6 is 11.6 Å². The molecule has 5 heterocycles. The highest BCUT2D eigenvalue weighted by atomic mass is 35.5. The number of amides is 3. The van der Waals surface area contributed by atoms with Crippen molar-refractivity contribution in [3.63, 3.8) is 0 Å². The summed E-state index contributed by atoms with van der Waals surface area (Å²) in [5.41, 5.74) is 8.21. The van der Waals surface area contributed by atoms with Crippen LogP contribution in [0.15, 0.2) is 36.4 Å². The largest absolute Gasteiger partial charge is 0.438 e. The van der Waals surface area contributed by atoms with Crippen molar-refractivity contribution in [2.24, 2.45) is 0 Å². The van der Waals surface area contributed by atoms with Gasteiger partial charge in [-0.25, -0.2) is 9.59 Å². The number of hydrogen-bond donors (Lipinski definition) is 2. The molecule has 3 atom stereocenters. The first-order valence-electron chi connectivity index (χ1n) is 16.5. The highest BCUT2D eigenvalue weighted by molar-refractivity contribution is 6.33. The van der Waals surface area contributed by atoms with Crippen LogP contribution in [0.3, 0.4) is 0 Å². The van der Waals surface area contributed by atoms with E-state index in [2.05, 4.69) is 28.1 Å². The maximum Gasteiger partial charge on any atom is 0.412 e. The number of terminal acetylenes is 1. The molecule has 4 fully saturated rings. The molecule has 3 amide bonds. The minimum atomic E-state index is -1.07. The Bertz CT molecular complexity index is 1610. The highest BCUT2D eigenvalue weighted by Gasteiger charge is 2.47. The first-order valence-corrected chi connectivity index (χ1v) is 16.9. The summed E-state index contributed by atoms with van der Waals surface area (Å²) in [5.74, 6) is 2.32. The lowest BCUT2D eigenvalue weighted by Gasteiger charge is -2.44. The second-order valence-corrected chi connectivity index (χ2v) is 13.9. The predicted octanol–water partition coefficient (Wildman–Crippen LogP) is 3.88. The molecule has 0 aromatic heterocycles. The molecule has 5 aliphatic heterocycles. The Labute approximate surface area is 280 Å². The molecule has 1 spiro atoms. The van der Waals surface area contributed by atoms with Gasteiger partial charge in [-0.2, -0.15) is 0 Å². The molecule has 2 unspecified atom stereocenters. The van der Waals surface area contributed by atoms with Gasteiger partial charge in [-0.15, -0.1) is 6.42 Å². The van der Waals surface area contributed by atoms with E-state index in [-0.39, 0.29) is 17.4 Å². The van der Waals surface area contributed by atoms with Gasteiger partial charge < -0.3 is 29.9 Å². The zero-order valence-electron chi connectivity index (χ0n) is 26.6. The van der Waals surface area contributed by atoms with Crippen LogP contribution in [0.2, 0.25) is 5.02 Å². The van der Waals surface area contributed by atoms with E-state index in [9.17, 15) is 14.4 Å². The Kier molecular flexibility index (Phi) is 8.45. The number of para-hydroxylation sites is 1. The third-order valence-electron chi connectivity index (χ3n) is 10.9. The monoisotopic (exact) mass is 660 g/mol. The number of nitrogens with one attached hydrogen (secondary N) is 1. The Balaban J connectivity index is 1.04. The van der Waals surface area contributed by atoms with Crippen molar-refractivity contribution in [3.05, 3.63) is 58.1 Å². The second-order valence-electron chi connectivity index (χ2n) is 13.5. The smallest absolute Gasteiger partial charge is 0.412 e. The second kappa shape index (κ2) is 12.6. The molecular formula is C35H41ClN6O5. The molecule has 4 saturated heterocycles. The molecule has 2 aromatic rings. The summed E-state index contributed by atoms with van der Waals surface area (Å²) < 4.78 is 11.9. The molecule has 248 valence electrons. The van der Waals surface area contributed by atoms with Crippen LogP contribution < -0.4 is 11.1 Å². The van der Waals surface area contributed by atoms with E-state index in [1.54, 1.807) is 17.0 Å². The van der Waals surface area contributed by atoms with Gasteiger partial charge >= 0.3 is 12.2 Å². The van der Waals surface area contributed by atoms with Crippen LogP contribution in [0, 0.1) is 12.3 Å². The molecule has 0 aliphatic carbocycles. The number of halogens is 1. The number of hydrogen-bond acceptors (Lipinski definition) is 8. The number of nitrogens with zero attached hydrogens (tertiary/aromatic N) is 4. The van der Waals surface area contributed by atoms with Gasteiger partial charge in [0.1, 0.15) is 5.60 Å². The van der Waals surface area contributed by atoms with Gasteiger partial charge in [-0.3, -0.25) is 15.0 Å². The fourth-order valence-electron chi connectivity index (χ4n) is 8.25. The summed E-state index contributed by atoms with van der Waals surface area (Å²) in [5, 5.41) is 3.05. The SMILES string of the molecule is C#Cc1cc(C[C@@H](OC(=O)N2CCC3(CC2)OC(=O)Nc2ccccc23)C(=O)N2CCC(N3CC4CC3CN4C)CC2)cc(Cl)c1N. The van der Waals surface area contributed by atoms with Crippen molar-refractivity contribution in [3.8, 4) is 12.3 Å². The molecule has 5 aliphatic rings. The van der Waals surface area contributed by atoms with E-state index in [1.165, 1.54) is 6.42 Å².